The largest absolute Gasteiger partial charge is 0.447 e. The lowest BCUT2D eigenvalue weighted by atomic mass is 10.3. The molecule has 5 nitrogen and oxygen atoms in total. The number of nitrogens with one attached hydrogen (secondary N) is 1. The molecule has 6 heteroatoms. The van der Waals surface area contributed by atoms with Crippen LogP contribution >= 0.6 is 11.3 Å². The van der Waals surface area contributed by atoms with Crippen LogP contribution in [0.5, 0.6) is 0 Å². The van der Waals surface area contributed by atoms with Gasteiger partial charge in [0.05, 0.1) is 0 Å². The first-order chi connectivity index (χ1) is 7.15. The van der Waals surface area contributed by atoms with Gasteiger partial charge in [0.1, 0.15) is 17.7 Å². The Morgan fingerprint density at radius 2 is 2.53 bits per heavy atom. The molecule has 1 unspecified atom stereocenters. The monoisotopic (exact) mass is 227 g/mol. The standard InChI is InChI=1S/C9H13N3O2S/c1-12(2)4-6-3-10-8(15-6)7-5-14-9(13)11-7/h3,7H,4-5H2,1-2H3,(H,11,13). The molecule has 1 amide bonds. The van der Waals surface area contributed by atoms with Crippen molar-refractivity contribution in [3.63, 3.8) is 0 Å². The summed E-state index contributed by atoms with van der Waals surface area (Å²) < 4.78 is 4.82. The lowest BCUT2D eigenvalue weighted by molar-refractivity contribution is 0.177. The summed E-state index contributed by atoms with van der Waals surface area (Å²) in [5, 5.41) is 3.62. The molecular formula is C9H13N3O2S. The van der Waals surface area contributed by atoms with Gasteiger partial charge in [0, 0.05) is 17.6 Å². The van der Waals surface area contributed by atoms with Crippen LogP contribution in [0.15, 0.2) is 6.20 Å². The van der Waals surface area contributed by atoms with Gasteiger partial charge in [-0.25, -0.2) is 9.78 Å². The van der Waals surface area contributed by atoms with E-state index in [9.17, 15) is 4.79 Å². The van der Waals surface area contributed by atoms with Crippen LogP contribution in [0.25, 0.3) is 0 Å². The summed E-state index contributed by atoms with van der Waals surface area (Å²) >= 11 is 1.61. The van der Waals surface area contributed by atoms with E-state index in [-0.39, 0.29) is 12.1 Å². The van der Waals surface area contributed by atoms with E-state index in [1.807, 2.05) is 20.3 Å². The number of nitrogens with zero attached hydrogens (tertiary/aromatic N) is 2. The summed E-state index contributed by atoms with van der Waals surface area (Å²) in [5.41, 5.74) is 0. The van der Waals surface area contributed by atoms with Crippen LogP contribution in [0.4, 0.5) is 4.79 Å². The molecule has 1 N–H and O–H groups in total. The smallest absolute Gasteiger partial charge is 0.407 e. The molecule has 2 rings (SSSR count). The highest BCUT2D eigenvalue weighted by molar-refractivity contribution is 7.11. The zero-order valence-corrected chi connectivity index (χ0v) is 9.50. The molecule has 1 aromatic heterocycles. The highest BCUT2D eigenvalue weighted by atomic mass is 32.1. The predicted octanol–water partition coefficient (Wildman–Crippen LogP) is 0.986. The van der Waals surface area contributed by atoms with Crippen LogP contribution in [0, 0.1) is 0 Å². The zero-order valence-electron chi connectivity index (χ0n) is 8.69. The molecular weight excluding hydrogens is 214 g/mol. The minimum absolute atomic E-state index is 0.0709. The highest BCUT2D eigenvalue weighted by Crippen LogP contribution is 2.23. The Morgan fingerprint density at radius 3 is 3.13 bits per heavy atom. The second kappa shape index (κ2) is 4.16. The maximum atomic E-state index is 10.8. The maximum absolute atomic E-state index is 10.8. The van der Waals surface area contributed by atoms with Crippen LogP contribution in [-0.4, -0.2) is 36.7 Å². The van der Waals surface area contributed by atoms with Gasteiger partial charge in [0.2, 0.25) is 0 Å². The number of thiazole rings is 1. The Kier molecular flexibility index (Phi) is 2.88. The van der Waals surface area contributed by atoms with E-state index in [1.165, 1.54) is 4.88 Å². The van der Waals surface area contributed by atoms with Crippen LogP contribution in [-0.2, 0) is 11.3 Å². The number of aromatic nitrogens is 1. The van der Waals surface area contributed by atoms with Crippen LogP contribution < -0.4 is 5.32 Å². The van der Waals surface area contributed by atoms with E-state index in [2.05, 4.69) is 15.2 Å². The fraction of sp³-hybridized carbons (Fsp3) is 0.556. The zero-order chi connectivity index (χ0) is 10.8. The summed E-state index contributed by atoms with van der Waals surface area (Å²) in [6, 6.07) is -0.0709. The molecule has 15 heavy (non-hydrogen) atoms. The average Bonchev–Trinajstić information content (AvgIpc) is 2.72. The minimum atomic E-state index is -0.357. The summed E-state index contributed by atoms with van der Waals surface area (Å²) in [6.07, 6.45) is 1.49. The van der Waals surface area contributed by atoms with Gasteiger partial charge in [-0.2, -0.15) is 0 Å². The average molecular weight is 227 g/mol. The third-order valence-electron chi connectivity index (χ3n) is 2.01. The van der Waals surface area contributed by atoms with Crippen molar-refractivity contribution in [3.8, 4) is 0 Å². The molecule has 1 aliphatic heterocycles. The normalized spacial score (nSPS) is 20.5. The summed E-state index contributed by atoms with van der Waals surface area (Å²) in [4.78, 5) is 18.4. The van der Waals surface area contributed by atoms with Gasteiger partial charge in [-0.1, -0.05) is 0 Å². The quantitative estimate of drug-likeness (QED) is 0.836. The molecule has 0 spiro atoms. The second-order valence-electron chi connectivity index (χ2n) is 3.70. The van der Waals surface area contributed by atoms with E-state index in [0.717, 1.165) is 11.6 Å². The Labute approximate surface area is 92.1 Å². The van der Waals surface area contributed by atoms with Crippen LogP contribution in [0.3, 0.4) is 0 Å². The van der Waals surface area contributed by atoms with E-state index >= 15 is 0 Å². The van der Waals surface area contributed by atoms with E-state index in [0.29, 0.717) is 6.61 Å². The first-order valence-electron chi connectivity index (χ1n) is 4.68. The number of amides is 1. The fourth-order valence-electron chi connectivity index (χ4n) is 1.39. The molecule has 0 aliphatic carbocycles. The van der Waals surface area contributed by atoms with Gasteiger partial charge in [-0.15, -0.1) is 11.3 Å². The maximum Gasteiger partial charge on any atom is 0.407 e. The van der Waals surface area contributed by atoms with E-state index in [1.54, 1.807) is 11.3 Å². The number of hydrogen-bond donors (Lipinski definition) is 1. The lowest BCUT2D eigenvalue weighted by Gasteiger charge is -2.05. The van der Waals surface area contributed by atoms with Crippen molar-refractivity contribution in [1.29, 1.82) is 0 Å². The fourth-order valence-corrected chi connectivity index (χ4v) is 2.46. The molecule has 0 aromatic carbocycles. The Morgan fingerprint density at radius 1 is 1.73 bits per heavy atom. The SMILES string of the molecule is CN(C)Cc1cnc(C2COC(=O)N2)s1. The number of rotatable bonds is 3. The van der Waals surface area contributed by atoms with Gasteiger partial charge in [0.25, 0.3) is 0 Å². The number of alkyl carbamates (subject to hydrolysis) is 1. The molecule has 1 atom stereocenters. The number of ether oxygens (including phenoxy) is 1. The Bertz CT molecular complexity index is 364. The number of carbonyl (C=O) groups is 1. The summed E-state index contributed by atoms with van der Waals surface area (Å²) in [7, 11) is 4.03. The summed E-state index contributed by atoms with van der Waals surface area (Å²) in [5.74, 6) is 0. The van der Waals surface area contributed by atoms with Crippen molar-refractivity contribution in [2.24, 2.45) is 0 Å². The van der Waals surface area contributed by atoms with Gasteiger partial charge in [0.15, 0.2) is 0 Å². The van der Waals surface area contributed by atoms with Crippen molar-refractivity contribution < 1.29 is 9.53 Å². The third-order valence-corrected chi connectivity index (χ3v) is 3.11. The number of cyclic esters (lactones) is 1. The van der Waals surface area contributed by atoms with Gasteiger partial charge < -0.3 is 15.0 Å². The molecule has 0 saturated carbocycles. The number of hydrogen-bond acceptors (Lipinski definition) is 5. The molecule has 0 radical (unpaired) electrons. The van der Waals surface area contributed by atoms with E-state index < -0.39 is 0 Å². The van der Waals surface area contributed by atoms with Crippen molar-refractivity contribution in [3.05, 3.63) is 16.1 Å². The number of carbonyl (C=O) groups excluding carboxylic acids is 1. The van der Waals surface area contributed by atoms with Crippen molar-refractivity contribution in [2.75, 3.05) is 20.7 Å². The molecule has 1 aromatic rings. The molecule has 2 heterocycles. The molecule has 0 bridgehead atoms. The molecule has 82 valence electrons. The topological polar surface area (TPSA) is 54.5 Å². The Hall–Kier alpha value is -1.14. The first-order valence-corrected chi connectivity index (χ1v) is 5.49. The lowest BCUT2D eigenvalue weighted by Crippen LogP contribution is -2.17. The van der Waals surface area contributed by atoms with Crippen molar-refractivity contribution in [1.82, 2.24) is 15.2 Å². The van der Waals surface area contributed by atoms with Crippen molar-refractivity contribution in [2.45, 2.75) is 12.6 Å². The first kappa shape index (κ1) is 10.4. The molecule has 1 saturated heterocycles. The van der Waals surface area contributed by atoms with Gasteiger partial charge in [-0.3, -0.25) is 0 Å². The van der Waals surface area contributed by atoms with Crippen LogP contribution in [0.1, 0.15) is 15.9 Å². The summed E-state index contributed by atoms with van der Waals surface area (Å²) in [6.45, 7) is 1.26. The Balaban J connectivity index is 2.03. The van der Waals surface area contributed by atoms with Crippen molar-refractivity contribution >= 4 is 17.4 Å². The van der Waals surface area contributed by atoms with E-state index in [4.69, 9.17) is 4.74 Å². The predicted molar refractivity (Wildman–Crippen MR) is 56.7 cm³/mol. The second-order valence-corrected chi connectivity index (χ2v) is 4.84. The van der Waals surface area contributed by atoms with Gasteiger partial charge in [-0.05, 0) is 14.1 Å². The van der Waals surface area contributed by atoms with Gasteiger partial charge >= 0.3 is 6.09 Å². The minimum Gasteiger partial charge on any atom is -0.447 e. The molecule has 1 aliphatic rings. The molecule has 1 fully saturated rings. The van der Waals surface area contributed by atoms with Crippen LogP contribution in [0.2, 0.25) is 0 Å². The highest BCUT2D eigenvalue weighted by Gasteiger charge is 2.26. The third kappa shape index (κ3) is 2.45.